The predicted octanol–water partition coefficient (Wildman–Crippen LogP) is 1.90. The lowest BCUT2D eigenvalue weighted by Gasteiger charge is -2.36. The second kappa shape index (κ2) is 9.69. The molecule has 0 radical (unpaired) electrons. The molecular formula is C20H30N2O6S. The molecule has 1 heterocycles. The molecule has 1 aromatic rings. The molecule has 8 nitrogen and oxygen atoms in total. The minimum atomic E-state index is -3.60. The third-order valence-corrected chi connectivity index (χ3v) is 6.86. The van der Waals surface area contributed by atoms with Crippen LogP contribution >= 0.6 is 0 Å². The van der Waals surface area contributed by atoms with Crippen molar-refractivity contribution in [2.24, 2.45) is 0 Å². The van der Waals surface area contributed by atoms with Gasteiger partial charge in [0.1, 0.15) is 0 Å². The van der Waals surface area contributed by atoms with Crippen LogP contribution in [0.5, 0.6) is 0 Å². The third-order valence-electron chi connectivity index (χ3n) is 4.80. The van der Waals surface area contributed by atoms with Crippen LogP contribution in [-0.2, 0) is 24.3 Å². The van der Waals surface area contributed by atoms with E-state index in [1.54, 1.807) is 18.7 Å². The standard InChI is InChI=1S/C20H30N2O6S/c1-6-22(7-2)29(25,26)18-10-8-17(9-11-18)20(24)28-16(5)19(23)21-12-14(3)27-15(4)13-21/h8-11,14-16H,6-7,12-13H2,1-5H3. The number of hydrogen-bond acceptors (Lipinski definition) is 6. The third kappa shape index (κ3) is 5.55. The topological polar surface area (TPSA) is 93.2 Å². The van der Waals surface area contributed by atoms with Gasteiger partial charge < -0.3 is 14.4 Å². The molecular weight excluding hydrogens is 396 g/mol. The van der Waals surface area contributed by atoms with Crippen molar-refractivity contribution in [3.8, 4) is 0 Å². The molecule has 1 aliphatic rings. The van der Waals surface area contributed by atoms with Gasteiger partial charge in [0.25, 0.3) is 5.91 Å². The van der Waals surface area contributed by atoms with Gasteiger partial charge in [-0.25, -0.2) is 13.2 Å². The lowest BCUT2D eigenvalue weighted by atomic mass is 10.2. The van der Waals surface area contributed by atoms with E-state index in [0.29, 0.717) is 26.2 Å². The van der Waals surface area contributed by atoms with E-state index in [9.17, 15) is 18.0 Å². The first-order chi connectivity index (χ1) is 13.6. The van der Waals surface area contributed by atoms with Crippen LogP contribution in [0.3, 0.4) is 0 Å². The molecule has 29 heavy (non-hydrogen) atoms. The van der Waals surface area contributed by atoms with Crippen molar-refractivity contribution in [1.29, 1.82) is 0 Å². The van der Waals surface area contributed by atoms with Crippen LogP contribution in [0.15, 0.2) is 29.2 Å². The summed E-state index contributed by atoms with van der Waals surface area (Å²) in [4.78, 5) is 26.7. The summed E-state index contributed by atoms with van der Waals surface area (Å²) in [5.74, 6) is -0.951. The normalized spacial score (nSPS) is 21.1. The second-order valence-electron chi connectivity index (χ2n) is 7.16. The molecule has 1 aromatic carbocycles. The van der Waals surface area contributed by atoms with Crippen LogP contribution in [0.25, 0.3) is 0 Å². The number of sulfonamides is 1. The summed E-state index contributed by atoms with van der Waals surface area (Å²) in [5.41, 5.74) is 0.187. The van der Waals surface area contributed by atoms with E-state index >= 15 is 0 Å². The van der Waals surface area contributed by atoms with E-state index in [-0.39, 0.29) is 28.6 Å². The Bertz CT molecular complexity index is 810. The highest BCUT2D eigenvalue weighted by molar-refractivity contribution is 7.89. The first kappa shape index (κ1) is 23.3. The van der Waals surface area contributed by atoms with Crippen molar-refractivity contribution in [2.75, 3.05) is 26.2 Å². The zero-order valence-corrected chi connectivity index (χ0v) is 18.4. The molecule has 2 rings (SSSR count). The van der Waals surface area contributed by atoms with E-state index in [2.05, 4.69) is 0 Å². The van der Waals surface area contributed by atoms with Crippen molar-refractivity contribution >= 4 is 21.9 Å². The fraction of sp³-hybridized carbons (Fsp3) is 0.600. The Labute approximate surface area is 172 Å². The maximum Gasteiger partial charge on any atom is 0.338 e. The quantitative estimate of drug-likeness (QED) is 0.618. The summed E-state index contributed by atoms with van der Waals surface area (Å²) in [5, 5.41) is 0. The van der Waals surface area contributed by atoms with E-state index in [1.807, 2.05) is 13.8 Å². The minimum Gasteiger partial charge on any atom is -0.449 e. The van der Waals surface area contributed by atoms with Gasteiger partial charge in [-0.15, -0.1) is 0 Å². The van der Waals surface area contributed by atoms with Gasteiger partial charge in [-0.2, -0.15) is 4.31 Å². The molecule has 162 valence electrons. The SMILES string of the molecule is CCN(CC)S(=O)(=O)c1ccc(C(=O)OC(C)C(=O)N2CC(C)OC(C)C2)cc1. The largest absolute Gasteiger partial charge is 0.449 e. The Balaban J connectivity index is 2.04. The molecule has 0 aromatic heterocycles. The molecule has 9 heteroatoms. The van der Waals surface area contributed by atoms with E-state index in [1.165, 1.54) is 35.5 Å². The zero-order chi connectivity index (χ0) is 21.8. The summed E-state index contributed by atoms with van der Waals surface area (Å²) in [6, 6.07) is 5.55. The van der Waals surface area contributed by atoms with Crippen LogP contribution < -0.4 is 0 Å². The summed E-state index contributed by atoms with van der Waals surface area (Å²) in [7, 11) is -3.60. The van der Waals surface area contributed by atoms with Crippen LogP contribution in [0, 0.1) is 0 Å². The maximum absolute atomic E-state index is 12.6. The summed E-state index contributed by atoms with van der Waals surface area (Å²) in [6.07, 6.45) is -1.10. The van der Waals surface area contributed by atoms with E-state index < -0.39 is 22.1 Å². The molecule has 1 aliphatic heterocycles. The summed E-state index contributed by atoms with van der Waals surface area (Å²) < 4.78 is 37.3. The Morgan fingerprint density at radius 1 is 1.14 bits per heavy atom. The van der Waals surface area contributed by atoms with Gasteiger partial charge in [0, 0.05) is 26.2 Å². The van der Waals surface area contributed by atoms with Crippen molar-refractivity contribution < 1.29 is 27.5 Å². The van der Waals surface area contributed by atoms with Gasteiger partial charge in [0.05, 0.1) is 22.7 Å². The van der Waals surface area contributed by atoms with Gasteiger partial charge in [-0.05, 0) is 45.0 Å². The van der Waals surface area contributed by atoms with Crippen molar-refractivity contribution in [1.82, 2.24) is 9.21 Å². The molecule has 3 unspecified atom stereocenters. The summed E-state index contributed by atoms with van der Waals surface area (Å²) in [6.45, 7) is 10.5. The highest BCUT2D eigenvalue weighted by Crippen LogP contribution is 2.18. The van der Waals surface area contributed by atoms with Gasteiger partial charge in [-0.3, -0.25) is 4.79 Å². The number of morpholine rings is 1. The van der Waals surface area contributed by atoms with Crippen LogP contribution in [0.1, 0.15) is 45.0 Å². The first-order valence-electron chi connectivity index (χ1n) is 9.85. The number of nitrogens with zero attached hydrogens (tertiary/aromatic N) is 2. The van der Waals surface area contributed by atoms with Gasteiger partial charge >= 0.3 is 5.97 Å². The molecule has 1 saturated heterocycles. The zero-order valence-electron chi connectivity index (χ0n) is 17.6. The van der Waals surface area contributed by atoms with E-state index in [4.69, 9.17) is 9.47 Å². The van der Waals surface area contributed by atoms with Gasteiger partial charge in [-0.1, -0.05) is 13.8 Å². The summed E-state index contributed by atoms with van der Waals surface area (Å²) >= 11 is 0. The molecule has 0 spiro atoms. The fourth-order valence-corrected chi connectivity index (χ4v) is 4.83. The number of carbonyl (C=O) groups excluding carboxylic acids is 2. The molecule has 1 fully saturated rings. The number of amides is 1. The first-order valence-corrected chi connectivity index (χ1v) is 11.3. The Hall–Kier alpha value is -1.97. The molecule has 0 aliphatic carbocycles. The predicted molar refractivity (Wildman–Crippen MR) is 108 cm³/mol. The smallest absolute Gasteiger partial charge is 0.338 e. The van der Waals surface area contributed by atoms with Crippen molar-refractivity contribution in [2.45, 2.75) is 57.8 Å². The molecule has 1 amide bonds. The monoisotopic (exact) mass is 426 g/mol. The molecule has 0 saturated carbocycles. The van der Waals surface area contributed by atoms with Crippen molar-refractivity contribution in [3.63, 3.8) is 0 Å². The highest BCUT2D eigenvalue weighted by atomic mass is 32.2. The fourth-order valence-electron chi connectivity index (χ4n) is 3.37. The van der Waals surface area contributed by atoms with Crippen molar-refractivity contribution in [3.05, 3.63) is 29.8 Å². The lowest BCUT2D eigenvalue weighted by Crippen LogP contribution is -2.51. The molecule has 0 bridgehead atoms. The Kier molecular flexibility index (Phi) is 7.79. The molecule has 0 N–H and O–H groups in total. The minimum absolute atomic E-state index is 0.0779. The van der Waals surface area contributed by atoms with Gasteiger partial charge in [0.2, 0.25) is 10.0 Å². The van der Waals surface area contributed by atoms with E-state index in [0.717, 1.165) is 0 Å². The maximum atomic E-state index is 12.6. The average molecular weight is 427 g/mol. The average Bonchev–Trinajstić information content (AvgIpc) is 2.67. The Morgan fingerprint density at radius 2 is 1.66 bits per heavy atom. The number of benzene rings is 1. The second-order valence-corrected chi connectivity index (χ2v) is 9.10. The number of esters is 1. The van der Waals surface area contributed by atoms with Gasteiger partial charge in [0.15, 0.2) is 6.10 Å². The molecule has 3 atom stereocenters. The van der Waals surface area contributed by atoms with Crippen LogP contribution in [0.2, 0.25) is 0 Å². The Morgan fingerprint density at radius 3 is 2.14 bits per heavy atom. The lowest BCUT2D eigenvalue weighted by molar-refractivity contribution is -0.151. The van der Waals surface area contributed by atoms with Crippen LogP contribution in [0.4, 0.5) is 0 Å². The number of hydrogen-bond donors (Lipinski definition) is 0. The number of ether oxygens (including phenoxy) is 2. The number of rotatable bonds is 7. The number of carbonyl (C=O) groups is 2. The highest BCUT2D eigenvalue weighted by Gasteiger charge is 2.30. The van der Waals surface area contributed by atoms with Crippen LogP contribution in [-0.4, -0.2) is 74.0 Å².